The molecule has 7 N–H and O–H groups in total. The van der Waals surface area contributed by atoms with Gasteiger partial charge in [0.15, 0.2) is 11.2 Å². The maximum absolute atomic E-state index is 11.7. The van der Waals surface area contributed by atoms with Crippen LogP contribution in [0.15, 0.2) is 11.1 Å². The minimum atomic E-state index is -5.50. The molecule has 29 heavy (non-hydrogen) atoms. The molecule has 2 aromatic heterocycles. The van der Waals surface area contributed by atoms with Crippen molar-refractivity contribution in [2.24, 2.45) is 5.92 Å². The van der Waals surface area contributed by atoms with Crippen molar-refractivity contribution in [2.75, 3.05) is 18.7 Å². The van der Waals surface area contributed by atoms with Crippen molar-refractivity contribution in [3.05, 3.63) is 16.7 Å². The molecule has 0 aliphatic heterocycles. The molecule has 0 saturated carbocycles. The van der Waals surface area contributed by atoms with Crippen molar-refractivity contribution in [3.63, 3.8) is 0 Å². The van der Waals surface area contributed by atoms with Gasteiger partial charge in [-0.1, -0.05) is 6.92 Å². The highest BCUT2D eigenvalue weighted by Gasteiger charge is 2.39. The topological polar surface area (TPSA) is 249 Å². The number of ether oxygens (including phenoxy) is 1. The lowest BCUT2D eigenvalue weighted by atomic mass is 10.2. The minimum absolute atomic E-state index is 0.0735. The van der Waals surface area contributed by atoms with Crippen LogP contribution >= 0.6 is 23.2 Å². The maximum atomic E-state index is 11.7. The van der Waals surface area contributed by atoms with Crippen molar-refractivity contribution >= 4 is 40.4 Å². The van der Waals surface area contributed by atoms with Crippen LogP contribution in [0.25, 0.3) is 11.2 Å². The molecule has 16 nitrogen and oxygen atoms in total. The first-order valence-corrected chi connectivity index (χ1v) is 12.4. The van der Waals surface area contributed by atoms with E-state index in [4.69, 9.17) is 25.2 Å². The quantitative estimate of drug-likeness (QED) is 0.241. The molecule has 0 bridgehead atoms. The van der Waals surface area contributed by atoms with Crippen LogP contribution < -0.4 is 11.3 Å². The van der Waals surface area contributed by atoms with E-state index in [1.165, 1.54) is 10.9 Å². The summed E-state index contributed by atoms with van der Waals surface area (Å²) in [7, 11) is -15.8. The molecule has 0 spiro atoms. The van der Waals surface area contributed by atoms with Crippen LogP contribution in [0.5, 0.6) is 0 Å². The van der Waals surface area contributed by atoms with E-state index in [0.717, 1.165) is 0 Å². The summed E-state index contributed by atoms with van der Waals surface area (Å²) in [6, 6.07) is 0. The van der Waals surface area contributed by atoms with Gasteiger partial charge in [0.2, 0.25) is 5.95 Å². The number of nitrogens with one attached hydrogen (secondary N) is 1. The van der Waals surface area contributed by atoms with Gasteiger partial charge in [0, 0.05) is 6.54 Å². The number of anilines is 1. The van der Waals surface area contributed by atoms with E-state index in [9.17, 15) is 23.4 Å². The largest absolute Gasteiger partial charge is 0.488 e. The summed E-state index contributed by atoms with van der Waals surface area (Å²) in [6.07, 6.45) is 0.298. The number of fused-ring (bicyclic) bond motifs is 1. The lowest BCUT2D eigenvalue weighted by Gasteiger charge is -2.18. The van der Waals surface area contributed by atoms with Crippen LogP contribution in [0.4, 0.5) is 5.95 Å². The molecule has 0 fully saturated rings. The number of hydrogen-bond donors (Lipinski definition) is 6. The van der Waals surface area contributed by atoms with Crippen LogP contribution in [0.2, 0.25) is 0 Å². The molecule has 2 heterocycles. The summed E-state index contributed by atoms with van der Waals surface area (Å²) >= 11 is 0. The van der Waals surface area contributed by atoms with Gasteiger partial charge in [-0.15, -0.1) is 0 Å². The number of hydrogen-bond acceptors (Lipinski definition) is 10. The Kier molecular flexibility index (Phi) is 7.18. The van der Waals surface area contributed by atoms with Crippen LogP contribution in [0.1, 0.15) is 6.92 Å². The highest BCUT2D eigenvalue weighted by atomic mass is 31.3. The third-order valence-corrected chi connectivity index (χ3v) is 7.13. The van der Waals surface area contributed by atoms with E-state index < -0.39 is 35.1 Å². The van der Waals surface area contributed by atoms with Crippen molar-refractivity contribution in [1.29, 1.82) is 0 Å². The number of aromatic nitrogens is 4. The molecule has 2 unspecified atom stereocenters. The molecule has 2 aromatic rings. The zero-order valence-corrected chi connectivity index (χ0v) is 17.4. The predicted molar refractivity (Wildman–Crippen MR) is 96.4 cm³/mol. The molecule has 2 rings (SSSR count). The number of H-pyrrole nitrogens is 1. The molecular formula is C10H18N5O11P3. The second-order valence-corrected chi connectivity index (χ2v) is 10.6. The van der Waals surface area contributed by atoms with E-state index in [-0.39, 0.29) is 36.2 Å². The van der Waals surface area contributed by atoms with Gasteiger partial charge in [-0.05, 0) is 5.92 Å². The van der Waals surface area contributed by atoms with Gasteiger partial charge in [0.25, 0.3) is 5.56 Å². The number of nitrogens with two attached hydrogens (primary N) is 1. The standard InChI is InChI=1S/C10H18N5O11P3/c1-6(2-15-4-12-7-8(15)13-10(11)14-9(7)16)3-24-5-27(17,18)25-29(22,23)26-28(19,20)21/h4,6H,2-3,5H2,1H3,(H,17,18)(H,22,23)(H2,19,20,21)(H3,11,13,14,16)/t6-/m0/s1. The fourth-order valence-electron chi connectivity index (χ4n) is 2.20. The van der Waals surface area contributed by atoms with Crippen molar-refractivity contribution in [1.82, 2.24) is 19.5 Å². The monoisotopic (exact) mass is 477 g/mol. The van der Waals surface area contributed by atoms with E-state index in [1.807, 2.05) is 0 Å². The highest BCUT2D eigenvalue weighted by molar-refractivity contribution is 7.68. The van der Waals surface area contributed by atoms with Crippen LogP contribution in [-0.2, 0) is 33.6 Å². The SMILES string of the molecule is C[C@H](COCP(=O)(O)OP(=O)(O)OP(=O)(O)O)Cn1cnc2c(=O)[nH]c(N)nc21. The zero-order valence-electron chi connectivity index (χ0n) is 14.7. The Morgan fingerprint density at radius 1 is 1.24 bits per heavy atom. The summed E-state index contributed by atoms with van der Waals surface area (Å²) in [5.74, 6) is -0.417. The minimum Gasteiger partial charge on any atom is -0.369 e. The Morgan fingerprint density at radius 3 is 2.52 bits per heavy atom. The van der Waals surface area contributed by atoms with Crippen molar-refractivity contribution in [3.8, 4) is 0 Å². The smallest absolute Gasteiger partial charge is 0.369 e. The van der Waals surface area contributed by atoms with Crippen molar-refractivity contribution < 1.29 is 46.6 Å². The first-order chi connectivity index (χ1) is 13.2. The van der Waals surface area contributed by atoms with Gasteiger partial charge in [-0.25, -0.2) is 18.4 Å². The van der Waals surface area contributed by atoms with Gasteiger partial charge in [-0.3, -0.25) is 14.3 Å². The normalized spacial score (nSPS) is 17.7. The van der Waals surface area contributed by atoms with Gasteiger partial charge in [-0.2, -0.15) is 9.29 Å². The third kappa shape index (κ3) is 7.39. The predicted octanol–water partition coefficient (Wildman–Crippen LogP) is -0.276. The number of nitrogens with zero attached hydrogens (tertiary/aromatic N) is 3. The number of phosphoric acid groups is 2. The van der Waals surface area contributed by atoms with Gasteiger partial charge in [0.1, 0.15) is 6.35 Å². The fourth-order valence-corrected chi connectivity index (χ4v) is 5.47. The Morgan fingerprint density at radius 2 is 1.90 bits per heavy atom. The number of nitrogen functional groups attached to an aromatic ring is 1. The lowest BCUT2D eigenvalue weighted by molar-refractivity contribution is 0.119. The highest BCUT2D eigenvalue weighted by Crippen LogP contribution is 2.65. The Bertz CT molecular complexity index is 1080. The summed E-state index contributed by atoms with van der Waals surface area (Å²) < 4.78 is 47.4. The van der Waals surface area contributed by atoms with Gasteiger partial charge >= 0.3 is 23.2 Å². The van der Waals surface area contributed by atoms with Gasteiger partial charge in [0.05, 0.1) is 12.9 Å². The van der Waals surface area contributed by atoms with Gasteiger partial charge < -0.3 is 34.6 Å². The second-order valence-electron chi connectivity index (χ2n) is 5.89. The summed E-state index contributed by atoms with van der Waals surface area (Å²) in [5, 5.41) is 0. The van der Waals surface area contributed by atoms with Crippen LogP contribution in [-0.4, -0.2) is 52.0 Å². The van der Waals surface area contributed by atoms with Crippen LogP contribution in [0, 0.1) is 5.92 Å². The average Bonchev–Trinajstić information content (AvgIpc) is 2.86. The van der Waals surface area contributed by atoms with E-state index >= 15 is 0 Å². The summed E-state index contributed by atoms with van der Waals surface area (Å²) in [6.45, 7) is 1.77. The number of rotatable bonds is 10. The number of aromatic amines is 1. The molecule has 0 radical (unpaired) electrons. The molecule has 0 amide bonds. The fraction of sp³-hybridized carbons (Fsp3) is 0.500. The third-order valence-electron chi connectivity index (χ3n) is 3.10. The molecule has 19 heteroatoms. The molecular weight excluding hydrogens is 459 g/mol. The zero-order chi connectivity index (χ0) is 22.0. The molecule has 0 saturated heterocycles. The molecule has 0 aliphatic rings. The molecule has 3 atom stereocenters. The first-order valence-electron chi connectivity index (χ1n) is 7.59. The van der Waals surface area contributed by atoms with E-state index in [2.05, 4.69) is 23.6 Å². The Labute approximate surface area is 162 Å². The Hall–Kier alpha value is -1.44. The lowest BCUT2D eigenvalue weighted by Crippen LogP contribution is -2.16. The van der Waals surface area contributed by atoms with E-state index in [1.54, 1.807) is 6.92 Å². The molecule has 164 valence electrons. The molecule has 0 aliphatic carbocycles. The summed E-state index contributed by atoms with van der Waals surface area (Å²) in [5.41, 5.74) is 5.28. The van der Waals surface area contributed by atoms with E-state index in [0.29, 0.717) is 0 Å². The van der Waals surface area contributed by atoms with Crippen LogP contribution in [0.3, 0.4) is 0 Å². The summed E-state index contributed by atoms with van der Waals surface area (Å²) in [4.78, 5) is 57.4. The first kappa shape index (κ1) is 23.8. The Balaban J connectivity index is 1.92. The average molecular weight is 477 g/mol. The number of imidazole rings is 1. The molecule has 0 aromatic carbocycles. The maximum Gasteiger partial charge on any atom is 0.488 e. The second kappa shape index (κ2) is 8.74. The van der Waals surface area contributed by atoms with Crippen molar-refractivity contribution in [2.45, 2.75) is 13.5 Å².